The first-order valence-electron chi connectivity index (χ1n) is 7.54. The van der Waals surface area contributed by atoms with Gasteiger partial charge >= 0.3 is 0 Å². The van der Waals surface area contributed by atoms with Gasteiger partial charge in [-0.2, -0.15) is 0 Å². The molecule has 2 aromatic carbocycles. The van der Waals surface area contributed by atoms with Crippen molar-refractivity contribution in [2.75, 3.05) is 5.32 Å². The van der Waals surface area contributed by atoms with E-state index in [1.165, 1.54) is 0 Å². The van der Waals surface area contributed by atoms with Crippen molar-refractivity contribution in [1.82, 2.24) is 9.55 Å². The van der Waals surface area contributed by atoms with Crippen LogP contribution in [0.5, 0.6) is 5.75 Å². The standard InChI is InChI=1S/C18H14BrN3O2/c19-12-4-6-13(7-5-12)22-10-20-17-15(9-16(24)21-18(17)22)11-2-1-3-14(23)8-11/h1-8,10,15,23H,9H2,(H,21,24). The molecule has 6 heteroatoms. The van der Waals surface area contributed by atoms with Crippen molar-refractivity contribution in [2.24, 2.45) is 0 Å². The Kier molecular flexibility index (Phi) is 3.61. The molecule has 0 saturated carbocycles. The molecule has 5 nitrogen and oxygen atoms in total. The van der Waals surface area contributed by atoms with E-state index < -0.39 is 0 Å². The van der Waals surface area contributed by atoms with Crippen molar-refractivity contribution < 1.29 is 9.90 Å². The molecule has 0 radical (unpaired) electrons. The fourth-order valence-corrected chi connectivity index (χ4v) is 3.29. The quantitative estimate of drug-likeness (QED) is 0.706. The van der Waals surface area contributed by atoms with Gasteiger partial charge in [0.15, 0.2) is 0 Å². The lowest BCUT2D eigenvalue weighted by molar-refractivity contribution is -0.116. The largest absolute Gasteiger partial charge is 0.508 e. The fourth-order valence-electron chi connectivity index (χ4n) is 3.02. The summed E-state index contributed by atoms with van der Waals surface area (Å²) in [7, 11) is 0. The molecule has 4 rings (SSSR count). The van der Waals surface area contributed by atoms with Crippen LogP contribution in [-0.2, 0) is 4.79 Å². The summed E-state index contributed by atoms with van der Waals surface area (Å²) in [5.41, 5.74) is 2.61. The summed E-state index contributed by atoms with van der Waals surface area (Å²) < 4.78 is 2.86. The minimum absolute atomic E-state index is 0.0605. The summed E-state index contributed by atoms with van der Waals surface area (Å²) in [5, 5.41) is 12.7. The Balaban J connectivity index is 1.81. The van der Waals surface area contributed by atoms with E-state index in [1.54, 1.807) is 24.5 Å². The first-order valence-corrected chi connectivity index (χ1v) is 8.33. The zero-order valence-electron chi connectivity index (χ0n) is 12.6. The van der Waals surface area contributed by atoms with Crippen LogP contribution in [0.15, 0.2) is 59.3 Å². The number of nitrogens with zero attached hydrogens (tertiary/aromatic N) is 2. The van der Waals surface area contributed by atoms with Gasteiger partial charge in [-0.1, -0.05) is 28.1 Å². The van der Waals surface area contributed by atoms with Gasteiger partial charge in [-0.15, -0.1) is 0 Å². The van der Waals surface area contributed by atoms with Crippen molar-refractivity contribution in [3.05, 3.63) is 70.6 Å². The molecule has 1 aliphatic rings. The predicted molar refractivity (Wildman–Crippen MR) is 94.5 cm³/mol. The number of phenolic OH excluding ortho intramolecular Hbond substituents is 1. The van der Waals surface area contributed by atoms with Crippen LogP contribution < -0.4 is 5.32 Å². The topological polar surface area (TPSA) is 67.1 Å². The third kappa shape index (κ3) is 2.59. The summed E-state index contributed by atoms with van der Waals surface area (Å²) in [6.07, 6.45) is 2.03. The Morgan fingerprint density at radius 2 is 2.00 bits per heavy atom. The monoisotopic (exact) mass is 383 g/mol. The highest BCUT2D eigenvalue weighted by Gasteiger charge is 2.31. The number of fused-ring (bicyclic) bond motifs is 1. The SMILES string of the molecule is O=C1CC(c2cccc(O)c2)c2ncn(-c3ccc(Br)cc3)c2N1. The third-order valence-electron chi connectivity index (χ3n) is 4.15. The van der Waals surface area contributed by atoms with Gasteiger partial charge in [-0.05, 0) is 42.0 Å². The van der Waals surface area contributed by atoms with Crippen LogP contribution in [0.25, 0.3) is 5.69 Å². The number of benzene rings is 2. The molecule has 24 heavy (non-hydrogen) atoms. The Morgan fingerprint density at radius 3 is 2.75 bits per heavy atom. The predicted octanol–water partition coefficient (Wildman–Crippen LogP) is 3.81. The molecule has 3 aromatic rings. The minimum atomic E-state index is -0.169. The third-order valence-corrected chi connectivity index (χ3v) is 4.68. The van der Waals surface area contributed by atoms with E-state index in [2.05, 4.69) is 26.2 Å². The van der Waals surface area contributed by atoms with Crippen LogP contribution in [-0.4, -0.2) is 20.6 Å². The molecule has 1 atom stereocenters. The highest BCUT2D eigenvalue weighted by molar-refractivity contribution is 9.10. The highest BCUT2D eigenvalue weighted by Crippen LogP contribution is 2.38. The molecule has 2 N–H and O–H groups in total. The molecule has 0 saturated heterocycles. The van der Waals surface area contributed by atoms with E-state index in [1.807, 2.05) is 34.9 Å². The van der Waals surface area contributed by atoms with E-state index in [4.69, 9.17) is 0 Å². The molecule has 1 aliphatic heterocycles. The Labute approximate surface area is 147 Å². The molecule has 0 fully saturated rings. The number of nitrogens with one attached hydrogen (secondary N) is 1. The Hall–Kier alpha value is -2.60. The number of aromatic nitrogens is 2. The number of amides is 1. The van der Waals surface area contributed by atoms with Gasteiger partial charge in [-0.3, -0.25) is 9.36 Å². The van der Waals surface area contributed by atoms with Gasteiger partial charge in [0.2, 0.25) is 5.91 Å². The van der Waals surface area contributed by atoms with Crippen LogP contribution in [0, 0.1) is 0 Å². The lowest BCUT2D eigenvalue weighted by Crippen LogP contribution is -2.24. The second-order valence-electron chi connectivity index (χ2n) is 5.72. The number of phenols is 1. The lowest BCUT2D eigenvalue weighted by Gasteiger charge is -2.23. The smallest absolute Gasteiger partial charge is 0.226 e. The van der Waals surface area contributed by atoms with E-state index >= 15 is 0 Å². The first kappa shape index (κ1) is 15.0. The van der Waals surface area contributed by atoms with Crippen molar-refractivity contribution >= 4 is 27.7 Å². The molecule has 1 aromatic heterocycles. The minimum Gasteiger partial charge on any atom is -0.508 e. The number of rotatable bonds is 2. The van der Waals surface area contributed by atoms with Crippen LogP contribution in [0.4, 0.5) is 5.82 Å². The number of aromatic hydroxyl groups is 1. The van der Waals surface area contributed by atoms with Crippen molar-refractivity contribution in [2.45, 2.75) is 12.3 Å². The summed E-state index contributed by atoms with van der Waals surface area (Å²) in [6.45, 7) is 0. The Bertz CT molecular complexity index is 918. The van der Waals surface area contributed by atoms with Crippen LogP contribution in [0.1, 0.15) is 23.6 Å². The number of hydrogen-bond acceptors (Lipinski definition) is 3. The number of imidazole rings is 1. The molecular formula is C18H14BrN3O2. The van der Waals surface area contributed by atoms with Gasteiger partial charge in [0.1, 0.15) is 17.9 Å². The second-order valence-corrected chi connectivity index (χ2v) is 6.64. The van der Waals surface area contributed by atoms with Gasteiger partial charge in [0.05, 0.1) is 5.69 Å². The van der Waals surface area contributed by atoms with Crippen LogP contribution in [0.2, 0.25) is 0 Å². The lowest BCUT2D eigenvalue weighted by atomic mass is 9.90. The average molecular weight is 384 g/mol. The summed E-state index contributed by atoms with van der Waals surface area (Å²) >= 11 is 3.42. The van der Waals surface area contributed by atoms with E-state index in [9.17, 15) is 9.90 Å². The molecule has 1 unspecified atom stereocenters. The molecular weight excluding hydrogens is 370 g/mol. The maximum Gasteiger partial charge on any atom is 0.226 e. The maximum absolute atomic E-state index is 12.2. The van der Waals surface area contributed by atoms with Crippen LogP contribution in [0.3, 0.4) is 0 Å². The molecule has 120 valence electrons. The number of hydrogen-bond donors (Lipinski definition) is 2. The molecule has 2 heterocycles. The Morgan fingerprint density at radius 1 is 1.21 bits per heavy atom. The summed E-state index contributed by atoms with van der Waals surface area (Å²) in [6, 6.07) is 14.8. The first-order chi connectivity index (χ1) is 11.6. The number of carbonyl (C=O) groups is 1. The zero-order chi connectivity index (χ0) is 16.7. The van der Waals surface area contributed by atoms with Crippen molar-refractivity contribution in [3.63, 3.8) is 0 Å². The fraction of sp³-hybridized carbons (Fsp3) is 0.111. The van der Waals surface area contributed by atoms with Gasteiger partial charge in [-0.25, -0.2) is 4.98 Å². The van der Waals surface area contributed by atoms with Gasteiger partial charge in [0.25, 0.3) is 0 Å². The van der Waals surface area contributed by atoms with Gasteiger partial charge < -0.3 is 10.4 Å². The van der Waals surface area contributed by atoms with E-state index in [0.29, 0.717) is 12.2 Å². The summed E-state index contributed by atoms with van der Waals surface area (Å²) in [4.78, 5) is 16.7. The number of anilines is 1. The highest BCUT2D eigenvalue weighted by atomic mass is 79.9. The van der Waals surface area contributed by atoms with Crippen molar-refractivity contribution in [3.8, 4) is 11.4 Å². The maximum atomic E-state index is 12.2. The second kappa shape index (κ2) is 5.79. The van der Waals surface area contributed by atoms with Crippen molar-refractivity contribution in [1.29, 1.82) is 0 Å². The zero-order valence-corrected chi connectivity index (χ0v) is 14.2. The van der Waals surface area contributed by atoms with E-state index in [-0.39, 0.29) is 17.6 Å². The van der Waals surface area contributed by atoms with Gasteiger partial charge in [0, 0.05) is 22.5 Å². The number of halogens is 1. The van der Waals surface area contributed by atoms with Crippen LogP contribution >= 0.6 is 15.9 Å². The molecule has 0 spiro atoms. The molecule has 1 amide bonds. The molecule has 0 bridgehead atoms. The molecule has 0 aliphatic carbocycles. The normalized spacial score (nSPS) is 16.5. The summed E-state index contributed by atoms with van der Waals surface area (Å²) in [5.74, 6) is 0.640. The van der Waals surface area contributed by atoms with E-state index in [0.717, 1.165) is 21.4 Å². The number of carbonyl (C=O) groups excluding carboxylic acids is 1. The average Bonchev–Trinajstić information content (AvgIpc) is 2.98.